The van der Waals surface area contributed by atoms with Gasteiger partial charge in [0.1, 0.15) is 18.5 Å². The van der Waals surface area contributed by atoms with Gasteiger partial charge in [-0.3, -0.25) is 0 Å². The molecule has 0 saturated carbocycles. The minimum Gasteiger partial charge on any atom is -0.491 e. The third-order valence-corrected chi connectivity index (χ3v) is 4.48. The summed E-state index contributed by atoms with van der Waals surface area (Å²) < 4.78 is 16.3. The molecule has 3 rings (SSSR count). The highest BCUT2D eigenvalue weighted by Crippen LogP contribution is 2.35. The first kappa shape index (κ1) is 18.5. The van der Waals surface area contributed by atoms with E-state index >= 15 is 0 Å². The van der Waals surface area contributed by atoms with Crippen LogP contribution in [0.5, 0.6) is 17.2 Å². The van der Waals surface area contributed by atoms with Gasteiger partial charge in [0.25, 0.3) is 0 Å². The van der Waals surface area contributed by atoms with Crippen molar-refractivity contribution in [3.63, 3.8) is 0 Å². The van der Waals surface area contributed by atoms with Crippen LogP contribution in [-0.4, -0.2) is 36.7 Å². The van der Waals surface area contributed by atoms with Crippen molar-refractivity contribution in [3.05, 3.63) is 54.1 Å². The van der Waals surface area contributed by atoms with E-state index in [0.717, 1.165) is 18.6 Å². The number of benzene rings is 2. The molecule has 0 aliphatic carbocycles. The molecule has 0 spiro atoms. The number of fused-ring (bicyclic) bond motifs is 1. The lowest BCUT2D eigenvalue weighted by Crippen LogP contribution is -2.45. The summed E-state index contributed by atoms with van der Waals surface area (Å²) in [4.78, 5) is 0. The summed E-state index contributed by atoms with van der Waals surface area (Å²) in [7, 11) is 0. The minimum atomic E-state index is -0.587. The van der Waals surface area contributed by atoms with Gasteiger partial charge in [-0.15, -0.1) is 0 Å². The van der Waals surface area contributed by atoms with E-state index in [0.29, 0.717) is 18.0 Å². The maximum Gasteiger partial charge on any atom is 0.231 e. The van der Waals surface area contributed by atoms with Crippen LogP contribution in [0.4, 0.5) is 0 Å². The smallest absolute Gasteiger partial charge is 0.231 e. The first-order chi connectivity index (χ1) is 12.5. The molecular weight excluding hydrogens is 330 g/mol. The number of aliphatic hydroxyl groups excluding tert-OH is 1. The lowest BCUT2D eigenvalue weighted by atomic mass is 9.95. The lowest BCUT2D eigenvalue weighted by Gasteiger charge is -2.28. The van der Waals surface area contributed by atoms with Crippen molar-refractivity contribution in [1.82, 2.24) is 5.32 Å². The predicted octanol–water partition coefficient (Wildman–Crippen LogP) is 3.16. The summed E-state index contributed by atoms with van der Waals surface area (Å²) >= 11 is 0. The molecule has 5 nitrogen and oxygen atoms in total. The Morgan fingerprint density at radius 2 is 1.88 bits per heavy atom. The van der Waals surface area contributed by atoms with Crippen molar-refractivity contribution >= 4 is 0 Å². The summed E-state index contributed by atoms with van der Waals surface area (Å²) in [5.41, 5.74) is 1.27. The molecule has 0 saturated heterocycles. The van der Waals surface area contributed by atoms with Crippen LogP contribution < -0.4 is 19.5 Å². The number of hydrogen-bond donors (Lipinski definition) is 2. The lowest BCUT2D eigenvalue weighted by molar-refractivity contribution is 0.0980. The fourth-order valence-corrected chi connectivity index (χ4v) is 2.80. The zero-order chi connectivity index (χ0) is 18.4. The van der Waals surface area contributed by atoms with Crippen molar-refractivity contribution in [1.29, 1.82) is 0 Å². The fourth-order valence-electron chi connectivity index (χ4n) is 2.80. The monoisotopic (exact) mass is 357 g/mol. The molecule has 140 valence electrons. The van der Waals surface area contributed by atoms with Gasteiger partial charge < -0.3 is 24.6 Å². The van der Waals surface area contributed by atoms with E-state index in [4.69, 9.17) is 14.2 Å². The van der Waals surface area contributed by atoms with Gasteiger partial charge >= 0.3 is 0 Å². The first-order valence-corrected chi connectivity index (χ1v) is 9.01. The summed E-state index contributed by atoms with van der Waals surface area (Å²) in [6, 6.07) is 15.9. The number of β-amino-alcohol motifs (C(OH)–C–C–N with tert-alkyl or cyclic N) is 1. The van der Waals surface area contributed by atoms with Gasteiger partial charge in [-0.1, -0.05) is 30.3 Å². The van der Waals surface area contributed by atoms with E-state index in [-0.39, 0.29) is 18.9 Å². The topological polar surface area (TPSA) is 60.0 Å². The van der Waals surface area contributed by atoms with Crippen molar-refractivity contribution in [2.45, 2.75) is 38.3 Å². The molecule has 1 heterocycles. The van der Waals surface area contributed by atoms with Gasteiger partial charge in [0.15, 0.2) is 11.5 Å². The van der Waals surface area contributed by atoms with Gasteiger partial charge in [-0.25, -0.2) is 0 Å². The highest BCUT2D eigenvalue weighted by Gasteiger charge is 2.19. The van der Waals surface area contributed by atoms with Gasteiger partial charge in [0.2, 0.25) is 6.79 Å². The summed E-state index contributed by atoms with van der Waals surface area (Å²) in [6.45, 7) is 5.25. The summed E-state index contributed by atoms with van der Waals surface area (Å²) in [6.07, 6.45) is 1.41. The second-order valence-corrected chi connectivity index (χ2v) is 7.23. The van der Waals surface area contributed by atoms with Crippen molar-refractivity contribution in [2.24, 2.45) is 0 Å². The molecule has 2 N–H and O–H groups in total. The van der Waals surface area contributed by atoms with Crippen LogP contribution in [0.2, 0.25) is 0 Å². The Balaban J connectivity index is 1.39. The SMILES string of the molecule is CC(C)(CCc1ccccc1)NCC(O)COc1ccc2c(c1)OCO2. The third kappa shape index (κ3) is 5.38. The second kappa shape index (κ2) is 8.43. The van der Waals surface area contributed by atoms with Crippen molar-refractivity contribution < 1.29 is 19.3 Å². The van der Waals surface area contributed by atoms with Crippen LogP contribution in [-0.2, 0) is 6.42 Å². The van der Waals surface area contributed by atoms with E-state index in [2.05, 4.69) is 43.4 Å². The quantitative estimate of drug-likeness (QED) is 0.722. The number of aryl methyl sites for hydroxylation is 1. The van der Waals surface area contributed by atoms with Crippen LogP contribution in [0.25, 0.3) is 0 Å². The molecule has 0 aromatic heterocycles. The first-order valence-electron chi connectivity index (χ1n) is 9.01. The van der Waals surface area contributed by atoms with Crippen molar-refractivity contribution in [3.8, 4) is 17.2 Å². The molecule has 1 aliphatic rings. The molecule has 0 fully saturated rings. The highest BCUT2D eigenvalue weighted by atomic mass is 16.7. The molecule has 5 heteroatoms. The highest BCUT2D eigenvalue weighted by molar-refractivity contribution is 5.46. The Morgan fingerprint density at radius 3 is 2.69 bits per heavy atom. The van der Waals surface area contributed by atoms with Gasteiger partial charge in [-0.2, -0.15) is 0 Å². The Hall–Kier alpha value is -2.24. The molecule has 0 amide bonds. The van der Waals surface area contributed by atoms with E-state index in [9.17, 15) is 5.11 Å². The second-order valence-electron chi connectivity index (χ2n) is 7.23. The van der Waals surface area contributed by atoms with Crippen LogP contribution in [0.3, 0.4) is 0 Å². The minimum absolute atomic E-state index is 0.0600. The van der Waals surface area contributed by atoms with E-state index < -0.39 is 6.10 Å². The Kier molecular flexibility index (Phi) is 6.01. The molecule has 0 bridgehead atoms. The Labute approximate surface area is 154 Å². The number of aliphatic hydroxyl groups is 1. The van der Waals surface area contributed by atoms with Gasteiger partial charge in [-0.05, 0) is 44.4 Å². The third-order valence-electron chi connectivity index (χ3n) is 4.48. The van der Waals surface area contributed by atoms with Crippen LogP contribution >= 0.6 is 0 Å². The molecule has 0 radical (unpaired) electrons. The summed E-state index contributed by atoms with van der Waals surface area (Å²) in [5.74, 6) is 2.06. The zero-order valence-electron chi connectivity index (χ0n) is 15.4. The Bertz CT molecular complexity index is 702. The van der Waals surface area contributed by atoms with Crippen LogP contribution in [0.15, 0.2) is 48.5 Å². The standard InChI is InChI=1S/C21H27NO4/c1-21(2,11-10-16-6-4-3-5-7-16)22-13-17(23)14-24-18-8-9-19-20(12-18)26-15-25-19/h3-9,12,17,22-23H,10-11,13-15H2,1-2H3. The molecule has 26 heavy (non-hydrogen) atoms. The number of rotatable bonds is 9. The molecule has 2 aromatic carbocycles. The fraction of sp³-hybridized carbons (Fsp3) is 0.429. The van der Waals surface area contributed by atoms with E-state index in [1.54, 1.807) is 6.07 Å². The predicted molar refractivity (Wildman–Crippen MR) is 101 cm³/mol. The molecule has 1 atom stereocenters. The van der Waals surface area contributed by atoms with Crippen LogP contribution in [0.1, 0.15) is 25.8 Å². The number of ether oxygens (including phenoxy) is 3. The average Bonchev–Trinajstić information content (AvgIpc) is 3.12. The zero-order valence-corrected chi connectivity index (χ0v) is 15.4. The van der Waals surface area contributed by atoms with Gasteiger partial charge in [0.05, 0.1) is 0 Å². The number of nitrogens with one attached hydrogen (secondary N) is 1. The van der Waals surface area contributed by atoms with Gasteiger partial charge in [0, 0.05) is 18.2 Å². The Morgan fingerprint density at radius 1 is 1.12 bits per heavy atom. The maximum atomic E-state index is 10.2. The molecule has 2 aromatic rings. The number of hydrogen-bond acceptors (Lipinski definition) is 5. The molecule has 1 aliphatic heterocycles. The molecule has 1 unspecified atom stereocenters. The van der Waals surface area contributed by atoms with E-state index in [1.165, 1.54) is 5.56 Å². The maximum absolute atomic E-state index is 10.2. The van der Waals surface area contributed by atoms with Crippen molar-refractivity contribution in [2.75, 3.05) is 19.9 Å². The summed E-state index contributed by atoms with van der Waals surface area (Å²) in [5, 5.41) is 13.6. The average molecular weight is 357 g/mol. The normalized spacial score (nSPS) is 14.3. The van der Waals surface area contributed by atoms with Crippen LogP contribution in [0, 0.1) is 0 Å². The largest absolute Gasteiger partial charge is 0.491 e. The van der Waals surface area contributed by atoms with E-state index in [1.807, 2.05) is 18.2 Å². The molecular formula is C21H27NO4.